The van der Waals surface area contributed by atoms with E-state index in [0.717, 1.165) is 24.6 Å². The van der Waals surface area contributed by atoms with E-state index in [9.17, 15) is 4.79 Å². The number of hydrogen-bond donors (Lipinski definition) is 1. The Morgan fingerprint density at radius 3 is 2.83 bits per heavy atom. The van der Waals surface area contributed by atoms with Crippen LogP contribution in [-0.4, -0.2) is 33.5 Å². The molecule has 1 aliphatic rings. The third-order valence-corrected chi connectivity index (χ3v) is 3.35. The van der Waals surface area contributed by atoms with Gasteiger partial charge in [0.05, 0.1) is 0 Å². The number of aromatic nitrogens is 1. The summed E-state index contributed by atoms with van der Waals surface area (Å²) in [5, 5.41) is 8.93. The largest absolute Gasteiger partial charge is 0.477 e. The van der Waals surface area contributed by atoms with Gasteiger partial charge in [-0.3, -0.25) is 4.90 Å². The van der Waals surface area contributed by atoms with Crippen LogP contribution < -0.4 is 0 Å². The molecule has 1 aromatic rings. The molecule has 1 aromatic heterocycles. The van der Waals surface area contributed by atoms with Crippen LogP contribution in [0, 0.1) is 5.92 Å². The Labute approximate surface area is 108 Å². The summed E-state index contributed by atoms with van der Waals surface area (Å²) in [7, 11) is 0. The smallest absolute Gasteiger partial charge is 0.354 e. The monoisotopic (exact) mass is 248 g/mol. The van der Waals surface area contributed by atoms with Crippen LogP contribution in [0.15, 0.2) is 18.3 Å². The molecule has 1 heterocycles. The van der Waals surface area contributed by atoms with Crippen molar-refractivity contribution in [2.45, 2.75) is 39.3 Å². The maximum Gasteiger partial charge on any atom is 0.354 e. The van der Waals surface area contributed by atoms with Crippen LogP contribution in [0.2, 0.25) is 0 Å². The Morgan fingerprint density at radius 2 is 2.28 bits per heavy atom. The first-order valence-corrected chi connectivity index (χ1v) is 6.48. The van der Waals surface area contributed by atoms with E-state index < -0.39 is 5.97 Å². The third kappa shape index (κ3) is 3.53. The summed E-state index contributed by atoms with van der Waals surface area (Å²) >= 11 is 0. The predicted octanol–water partition coefficient (Wildman–Crippen LogP) is 2.40. The summed E-state index contributed by atoms with van der Waals surface area (Å²) in [5.41, 5.74) is 1.15. The summed E-state index contributed by atoms with van der Waals surface area (Å²) in [6.07, 6.45) is 4.24. The van der Waals surface area contributed by atoms with Gasteiger partial charge in [0, 0.05) is 25.3 Å². The number of carboxylic acids is 1. The molecule has 1 saturated carbocycles. The van der Waals surface area contributed by atoms with Gasteiger partial charge in [-0.05, 0) is 50.3 Å². The lowest BCUT2D eigenvalue weighted by Gasteiger charge is -2.26. The molecule has 0 unspecified atom stereocenters. The van der Waals surface area contributed by atoms with Gasteiger partial charge < -0.3 is 5.11 Å². The minimum absolute atomic E-state index is 0.127. The fourth-order valence-corrected chi connectivity index (χ4v) is 2.01. The lowest BCUT2D eigenvalue weighted by Crippen LogP contribution is -2.32. The van der Waals surface area contributed by atoms with E-state index in [1.165, 1.54) is 12.8 Å². The molecule has 4 nitrogen and oxygen atoms in total. The highest BCUT2D eigenvalue weighted by atomic mass is 16.4. The van der Waals surface area contributed by atoms with Gasteiger partial charge in [0.1, 0.15) is 5.69 Å². The quantitative estimate of drug-likeness (QED) is 0.840. The lowest BCUT2D eigenvalue weighted by molar-refractivity contribution is 0.0690. The minimum Gasteiger partial charge on any atom is -0.477 e. The standard InChI is InChI=1S/C14H20N2O2/c1-10(2)16(8-11-3-4-11)9-12-5-6-15-13(7-12)14(17)18/h5-7,10-11H,3-4,8-9H2,1-2H3,(H,17,18). The number of carbonyl (C=O) groups is 1. The van der Waals surface area contributed by atoms with Crippen molar-refractivity contribution in [3.05, 3.63) is 29.6 Å². The van der Waals surface area contributed by atoms with Crippen LogP contribution in [-0.2, 0) is 6.54 Å². The normalized spacial score (nSPS) is 15.3. The fourth-order valence-electron chi connectivity index (χ4n) is 2.01. The van der Waals surface area contributed by atoms with Gasteiger partial charge in [-0.15, -0.1) is 0 Å². The zero-order valence-corrected chi connectivity index (χ0v) is 11.0. The summed E-state index contributed by atoms with van der Waals surface area (Å²) in [5.74, 6) is -0.122. The summed E-state index contributed by atoms with van der Waals surface area (Å²) < 4.78 is 0. The summed E-state index contributed by atoms with van der Waals surface area (Å²) in [6.45, 7) is 6.28. The first-order chi connectivity index (χ1) is 8.56. The number of rotatable bonds is 6. The molecular weight excluding hydrogens is 228 g/mol. The maximum absolute atomic E-state index is 10.9. The molecule has 0 spiro atoms. The molecule has 0 saturated heterocycles. The Morgan fingerprint density at radius 1 is 1.56 bits per heavy atom. The Balaban J connectivity index is 2.05. The van der Waals surface area contributed by atoms with Crippen LogP contribution in [0.1, 0.15) is 42.7 Å². The number of hydrogen-bond acceptors (Lipinski definition) is 3. The van der Waals surface area contributed by atoms with Crippen molar-refractivity contribution in [1.29, 1.82) is 0 Å². The average molecular weight is 248 g/mol. The molecule has 0 bridgehead atoms. The molecule has 1 aliphatic carbocycles. The van der Waals surface area contributed by atoms with Gasteiger partial charge in [-0.1, -0.05) is 0 Å². The van der Waals surface area contributed by atoms with Crippen molar-refractivity contribution in [2.24, 2.45) is 5.92 Å². The lowest BCUT2D eigenvalue weighted by atomic mass is 10.2. The second kappa shape index (κ2) is 5.48. The highest BCUT2D eigenvalue weighted by molar-refractivity contribution is 5.85. The van der Waals surface area contributed by atoms with Crippen molar-refractivity contribution in [3.8, 4) is 0 Å². The molecule has 0 aliphatic heterocycles. The van der Waals surface area contributed by atoms with Crippen molar-refractivity contribution in [2.75, 3.05) is 6.54 Å². The number of aromatic carboxylic acids is 1. The predicted molar refractivity (Wildman–Crippen MR) is 69.5 cm³/mol. The van der Waals surface area contributed by atoms with Crippen LogP contribution >= 0.6 is 0 Å². The zero-order chi connectivity index (χ0) is 13.1. The van der Waals surface area contributed by atoms with Crippen molar-refractivity contribution < 1.29 is 9.90 Å². The van der Waals surface area contributed by atoms with Crippen LogP contribution in [0.5, 0.6) is 0 Å². The zero-order valence-electron chi connectivity index (χ0n) is 11.0. The first kappa shape index (κ1) is 13.0. The highest BCUT2D eigenvalue weighted by Crippen LogP contribution is 2.30. The Bertz CT molecular complexity index is 428. The van der Waals surface area contributed by atoms with Crippen LogP contribution in [0.3, 0.4) is 0 Å². The van der Waals surface area contributed by atoms with E-state index in [4.69, 9.17) is 5.11 Å². The summed E-state index contributed by atoms with van der Waals surface area (Å²) in [6, 6.07) is 4.05. The second-order valence-corrected chi connectivity index (χ2v) is 5.32. The third-order valence-electron chi connectivity index (χ3n) is 3.35. The van der Waals surface area contributed by atoms with Gasteiger partial charge in [0.25, 0.3) is 0 Å². The van der Waals surface area contributed by atoms with Crippen molar-refractivity contribution in [3.63, 3.8) is 0 Å². The van der Waals surface area contributed by atoms with Gasteiger partial charge in [-0.25, -0.2) is 9.78 Å². The van der Waals surface area contributed by atoms with E-state index in [2.05, 4.69) is 23.7 Å². The van der Waals surface area contributed by atoms with Crippen molar-refractivity contribution >= 4 is 5.97 Å². The Hall–Kier alpha value is -1.42. The SMILES string of the molecule is CC(C)N(Cc1ccnc(C(=O)O)c1)CC1CC1. The molecule has 2 rings (SSSR count). The van der Waals surface area contributed by atoms with Gasteiger partial charge in [-0.2, -0.15) is 0 Å². The molecule has 0 radical (unpaired) electrons. The van der Waals surface area contributed by atoms with E-state index in [1.54, 1.807) is 12.3 Å². The molecule has 1 fully saturated rings. The maximum atomic E-state index is 10.9. The van der Waals surface area contributed by atoms with E-state index >= 15 is 0 Å². The summed E-state index contributed by atoms with van der Waals surface area (Å²) in [4.78, 5) is 17.1. The second-order valence-electron chi connectivity index (χ2n) is 5.32. The van der Waals surface area contributed by atoms with E-state index in [1.807, 2.05) is 6.07 Å². The van der Waals surface area contributed by atoms with Gasteiger partial charge >= 0.3 is 5.97 Å². The minimum atomic E-state index is -0.963. The fraction of sp³-hybridized carbons (Fsp3) is 0.571. The molecule has 0 atom stereocenters. The molecule has 0 amide bonds. The highest BCUT2D eigenvalue weighted by Gasteiger charge is 2.25. The molecule has 98 valence electrons. The molecular formula is C14H20N2O2. The Kier molecular flexibility index (Phi) is 3.97. The number of nitrogens with zero attached hydrogens (tertiary/aromatic N) is 2. The van der Waals surface area contributed by atoms with E-state index in [-0.39, 0.29) is 5.69 Å². The van der Waals surface area contributed by atoms with Crippen molar-refractivity contribution in [1.82, 2.24) is 9.88 Å². The topological polar surface area (TPSA) is 53.4 Å². The average Bonchev–Trinajstić information content (AvgIpc) is 3.12. The van der Waals surface area contributed by atoms with Crippen LogP contribution in [0.4, 0.5) is 0 Å². The molecule has 0 aromatic carbocycles. The first-order valence-electron chi connectivity index (χ1n) is 6.48. The molecule has 1 N–H and O–H groups in total. The van der Waals surface area contributed by atoms with Crippen LogP contribution in [0.25, 0.3) is 0 Å². The molecule has 4 heteroatoms. The number of carboxylic acid groups (broad SMARTS) is 1. The van der Waals surface area contributed by atoms with E-state index in [0.29, 0.717) is 6.04 Å². The number of pyridine rings is 1. The van der Waals surface area contributed by atoms with Gasteiger partial charge in [0.2, 0.25) is 0 Å². The van der Waals surface area contributed by atoms with Gasteiger partial charge in [0.15, 0.2) is 0 Å². The molecule has 18 heavy (non-hydrogen) atoms.